The lowest BCUT2D eigenvalue weighted by atomic mass is 10.1. The molecule has 192 valence electrons. The van der Waals surface area contributed by atoms with Gasteiger partial charge in [0.2, 0.25) is 5.91 Å². The number of carbonyl (C=O) groups excluding carboxylic acids is 2. The molecule has 2 aromatic carbocycles. The normalized spacial score (nSPS) is 24.4. The Labute approximate surface area is 212 Å². The number of hydrogen-bond donors (Lipinski definition) is 1. The lowest BCUT2D eigenvalue weighted by Gasteiger charge is -2.32. The van der Waals surface area contributed by atoms with Crippen LogP contribution in [0, 0.1) is 5.82 Å². The second kappa shape index (κ2) is 11.5. The van der Waals surface area contributed by atoms with Gasteiger partial charge in [0.25, 0.3) is 5.91 Å². The number of likely N-dealkylation sites (tertiary alicyclic amines) is 1. The zero-order chi connectivity index (χ0) is 24.9. The summed E-state index contributed by atoms with van der Waals surface area (Å²) in [5.41, 5.74) is 1.60. The number of amides is 2. The minimum atomic E-state index is -0.534. The Kier molecular flexibility index (Phi) is 7.94. The second-order valence-corrected chi connectivity index (χ2v) is 10.00. The van der Waals surface area contributed by atoms with Crippen molar-refractivity contribution >= 4 is 11.8 Å². The number of hydrogen-bond acceptors (Lipinski definition) is 5. The Hall–Kier alpha value is -2.81. The molecule has 5 rings (SSSR count). The Morgan fingerprint density at radius 2 is 1.81 bits per heavy atom. The van der Waals surface area contributed by atoms with Crippen molar-refractivity contribution in [1.82, 2.24) is 20.0 Å². The fourth-order valence-electron chi connectivity index (χ4n) is 5.60. The zero-order valence-corrected chi connectivity index (χ0v) is 20.7. The summed E-state index contributed by atoms with van der Waals surface area (Å²) in [5, 5.41) is 3.29. The number of piperazine rings is 1. The summed E-state index contributed by atoms with van der Waals surface area (Å²) in [5.74, 6) is -0.598. The lowest BCUT2D eigenvalue weighted by molar-refractivity contribution is -0.135. The van der Waals surface area contributed by atoms with Crippen LogP contribution in [0.2, 0.25) is 0 Å². The van der Waals surface area contributed by atoms with Crippen molar-refractivity contribution < 1.29 is 18.7 Å². The van der Waals surface area contributed by atoms with Crippen molar-refractivity contribution in [3.63, 3.8) is 0 Å². The average Bonchev–Trinajstić information content (AvgIpc) is 3.59. The number of nitrogens with zero attached hydrogens (tertiary/aromatic N) is 3. The fraction of sp³-hybridized carbons (Fsp3) is 0.500. The van der Waals surface area contributed by atoms with Crippen molar-refractivity contribution in [3.05, 3.63) is 71.5 Å². The molecular weight excluding hydrogens is 459 g/mol. The molecule has 0 aromatic heterocycles. The van der Waals surface area contributed by atoms with Crippen LogP contribution in [0.3, 0.4) is 0 Å². The molecule has 2 aromatic rings. The summed E-state index contributed by atoms with van der Waals surface area (Å²) in [6, 6.07) is 15.4. The van der Waals surface area contributed by atoms with Crippen molar-refractivity contribution in [1.29, 1.82) is 0 Å². The van der Waals surface area contributed by atoms with Gasteiger partial charge in [0, 0.05) is 64.0 Å². The Morgan fingerprint density at radius 3 is 2.50 bits per heavy atom. The van der Waals surface area contributed by atoms with E-state index in [1.165, 1.54) is 29.8 Å². The van der Waals surface area contributed by atoms with Crippen LogP contribution in [0.4, 0.5) is 4.39 Å². The molecule has 3 aliphatic rings. The maximum atomic E-state index is 13.7. The van der Waals surface area contributed by atoms with Gasteiger partial charge in [-0.15, -0.1) is 0 Å². The Morgan fingerprint density at radius 1 is 1.06 bits per heavy atom. The summed E-state index contributed by atoms with van der Waals surface area (Å²) < 4.78 is 19.5. The Bertz CT molecular complexity index is 1020. The van der Waals surface area contributed by atoms with Crippen LogP contribution in [-0.4, -0.2) is 90.6 Å². The maximum Gasteiger partial charge on any atom is 0.254 e. The number of carbonyl (C=O) groups is 2. The van der Waals surface area contributed by atoms with E-state index in [0.717, 1.165) is 45.6 Å². The van der Waals surface area contributed by atoms with Gasteiger partial charge in [-0.2, -0.15) is 0 Å². The van der Waals surface area contributed by atoms with E-state index in [0.29, 0.717) is 31.6 Å². The number of ether oxygens (including phenoxy) is 1. The highest BCUT2D eigenvalue weighted by Gasteiger charge is 2.44. The molecule has 3 saturated heterocycles. The van der Waals surface area contributed by atoms with E-state index in [1.807, 2.05) is 23.1 Å². The molecule has 3 aliphatic heterocycles. The quantitative estimate of drug-likeness (QED) is 0.641. The summed E-state index contributed by atoms with van der Waals surface area (Å²) in [4.78, 5) is 33.3. The molecule has 0 radical (unpaired) electrons. The van der Waals surface area contributed by atoms with Gasteiger partial charge >= 0.3 is 0 Å². The fourth-order valence-corrected chi connectivity index (χ4v) is 5.60. The maximum absolute atomic E-state index is 13.7. The summed E-state index contributed by atoms with van der Waals surface area (Å²) in [7, 11) is 0. The van der Waals surface area contributed by atoms with Crippen LogP contribution >= 0.6 is 0 Å². The van der Waals surface area contributed by atoms with Gasteiger partial charge < -0.3 is 19.9 Å². The topological polar surface area (TPSA) is 65.1 Å². The summed E-state index contributed by atoms with van der Waals surface area (Å²) in [6.45, 7) is 5.54. The largest absolute Gasteiger partial charge is 0.377 e. The molecule has 3 fully saturated rings. The van der Waals surface area contributed by atoms with E-state index < -0.39 is 6.04 Å². The first-order valence-corrected chi connectivity index (χ1v) is 13.0. The van der Waals surface area contributed by atoms with Gasteiger partial charge in [0.1, 0.15) is 11.9 Å². The first kappa shape index (κ1) is 24.9. The lowest BCUT2D eigenvalue weighted by Crippen LogP contribution is -2.53. The van der Waals surface area contributed by atoms with Gasteiger partial charge in [-0.25, -0.2) is 4.39 Å². The monoisotopic (exact) mass is 494 g/mol. The van der Waals surface area contributed by atoms with E-state index in [9.17, 15) is 14.0 Å². The third-order valence-corrected chi connectivity index (χ3v) is 7.55. The van der Waals surface area contributed by atoms with Gasteiger partial charge in [-0.05, 0) is 49.1 Å². The van der Waals surface area contributed by atoms with E-state index in [4.69, 9.17) is 4.74 Å². The van der Waals surface area contributed by atoms with Crippen LogP contribution in [0.15, 0.2) is 54.6 Å². The average molecular weight is 495 g/mol. The SMILES string of the molecule is O=C(C1CC(N(Cc2ccccc2)CC2CCCO2)CN1C(=O)c1ccc(F)cc1)N1CCNCC1. The third-order valence-electron chi connectivity index (χ3n) is 7.55. The molecule has 7 nitrogen and oxygen atoms in total. The molecule has 8 heteroatoms. The van der Waals surface area contributed by atoms with Crippen molar-refractivity contribution in [2.24, 2.45) is 0 Å². The third kappa shape index (κ3) is 5.77. The predicted molar refractivity (Wildman–Crippen MR) is 135 cm³/mol. The van der Waals surface area contributed by atoms with Crippen molar-refractivity contribution in [2.45, 2.75) is 44.0 Å². The highest BCUT2D eigenvalue weighted by molar-refractivity contribution is 5.98. The second-order valence-electron chi connectivity index (χ2n) is 10.00. The summed E-state index contributed by atoms with van der Waals surface area (Å²) in [6.07, 6.45) is 2.83. The molecule has 0 bridgehead atoms. The molecular formula is C28H35FN4O3. The smallest absolute Gasteiger partial charge is 0.254 e. The minimum absolute atomic E-state index is 0.00578. The highest BCUT2D eigenvalue weighted by Crippen LogP contribution is 2.29. The van der Waals surface area contributed by atoms with E-state index in [2.05, 4.69) is 22.3 Å². The number of rotatable bonds is 7. The number of nitrogens with one attached hydrogen (secondary N) is 1. The molecule has 0 aliphatic carbocycles. The van der Waals surface area contributed by atoms with E-state index in [1.54, 1.807) is 4.90 Å². The van der Waals surface area contributed by atoms with Crippen molar-refractivity contribution in [3.8, 4) is 0 Å². The number of benzene rings is 2. The van der Waals surface area contributed by atoms with Crippen LogP contribution in [0.1, 0.15) is 35.2 Å². The molecule has 0 spiro atoms. The van der Waals surface area contributed by atoms with Gasteiger partial charge in [-0.3, -0.25) is 14.5 Å². The van der Waals surface area contributed by atoms with Gasteiger partial charge in [0.05, 0.1) is 6.10 Å². The zero-order valence-electron chi connectivity index (χ0n) is 20.7. The Balaban J connectivity index is 1.40. The number of halogens is 1. The molecule has 2 amide bonds. The van der Waals surface area contributed by atoms with Crippen LogP contribution in [-0.2, 0) is 16.1 Å². The minimum Gasteiger partial charge on any atom is -0.377 e. The van der Waals surface area contributed by atoms with Crippen LogP contribution in [0.25, 0.3) is 0 Å². The standard InChI is InChI=1S/C28H35FN4O3/c29-23-10-8-22(9-11-23)27(34)33-19-24(17-26(33)28(35)31-14-12-30-13-15-31)32(20-25-7-4-16-36-25)18-21-5-2-1-3-6-21/h1-3,5-6,8-11,24-26,30H,4,7,12-20H2. The summed E-state index contributed by atoms with van der Waals surface area (Å²) >= 11 is 0. The van der Waals surface area contributed by atoms with Crippen LogP contribution < -0.4 is 5.32 Å². The highest BCUT2D eigenvalue weighted by atomic mass is 19.1. The first-order valence-electron chi connectivity index (χ1n) is 13.0. The molecule has 0 saturated carbocycles. The van der Waals surface area contributed by atoms with Gasteiger partial charge in [0.15, 0.2) is 0 Å². The van der Waals surface area contributed by atoms with Crippen molar-refractivity contribution in [2.75, 3.05) is 45.9 Å². The molecule has 36 heavy (non-hydrogen) atoms. The first-order chi connectivity index (χ1) is 17.6. The molecule has 3 heterocycles. The van der Waals surface area contributed by atoms with E-state index in [-0.39, 0.29) is 29.8 Å². The van der Waals surface area contributed by atoms with Crippen LogP contribution in [0.5, 0.6) is 0 Å². The molecule has 1 N–H and O–H groups in total. The van der Waals surface area contributed by atoms with Gasteiger partial charge in [-0.1, -0.05) is 30.3 Å². The predicted octanol–water partition coefficient (Wildman–Crippen LogP) is 2.52. The molecule has 3 unspecified atom stereocenters. The van der Waals surface area contributed by atoms with E-state index >= 15 is 0 Å². The molecule has 3 atom stereocenters.